The van der Waals surface area contributed by atoms with Gasteiger partial charge in [-0.2, -0.15) is 0 Å². The number of hydrogen-bond donors (Lipinski definition) is 1. The van der Waals surface area contributed by atoms with Gasteiger partial charge in [0.05, 0.1) is 0 Å². The Labute approximate surface area is 154 Å². The van der Waals surface area contributed by atoms with Crippen molar-refractivity contribution in [3.63, 3.8) is 0 Å². The molecule has 138 valence electrons. The highest BCUT2D eigenvalue weighted by Crippen LogP contribution is 2.30. The zero-order chi connectivity index (χ0) is 17.7. The summed E-state index contributed by atoms with van der Waals surface area (Å²) in [6, 6.07) is 12.2. The van der Waals surface area contributed by atoms with Crippen molar-refractivity contribution in [2.75, 3.05) is 26.2 Å². The molecule has 0 bridgehead atoms. The third kappa shape index (κ3) is 4.72. The lowest BCUT2D eigenvalue weighted by Gasteiger charge is -2.50. The SMILES string of the molecule is C=CCN1CCC(N[C@H]2CCCN(Cc3ccccc3)C2(C)C)CC1. The van der Waals surface area contributed by atoms with Crippen LogP contribution in [0, 0.1) is 0 Å². The standard InChI is InChI=1S/C22H35N3/c1-4-14-24-16-12-20(13-17-24)23-21-11-8-15-25(22(21,2)3)18-19-9-6-5-7-10-19/h4-7,9-10,20-21,23H,1,8,11-18H2,2-3H3/t21-/m0/s1. The van der Waals surface area contributed by atoms with Crippen molar-refractivity contribution in [3.8, 4) is 0 Å². The summed E-state index contributed by atoms with van der Waals surface area (Å²) in [4.78, 5) is 5.19. The summed E-state index contributed by atoms with van der Waals surface area (Å²) in [6.07, 6.45) is 7.14. The molecule has 0 radical (unpaired) electrons. The van der Waals surface area contributed by atoms with Gasteiger partial charge in [0.1, 0.15) is 0 Å². The van der Waals surface area contributed by atoms with Crippen LogP contribution in [0.5, 0.6) is 0 Å². The summed E-state index contributed by atoms with van der Waals surface area (Å²) >= 11 is 0. The van der Waals surface area contributed by atoms with Gasteiger partial charge in [-0.05, 0) is 64.7 Å². The van der Waals surface area contributed by atoms with Crippen LogP contribution in [0.2, 0.25) is 0 Å². The van der Waals surface area contributed by atoms with Gasteiger partial charge in [0.25, 0.3) is 0 Å². The molecule has 25 heavy (non-hydrogen) atoms. The van der Waals surface area contributed by atoms with Gasteiger partial charge in [-0.15, -0.1) is 6.58 Å². The van der Waals surface area contributed by atoms with Gasteiger partial charge in [0, 0.05) is 30.7 Å². The highest BCUT2D eigenvalue weighted by Gasteiger charge is 2.39. The van der Waals surface area contributed by atoms with Crippen molar-refractivity contribution >= 4 is 0 Å². The molecule has 1 aromatic carbocycles. The van der Waals surface area contributed by atoms with E-state index in [0.717, 1.165) is 13.1 Å². The average molecular weight is 342 g/mol. The van der Waals surface area contributed by atoms with Gasteiger partial charge in [-0.3, -0.25) is 9.80 Å². The number of hydrogen-bond acceptors (Lipinski definition) is 3. The highest BCUT2D eigenvalue weighted by atomic mass is 15.2. The van der Waals surface area contributed by atoms with Crippen molar-refractivity contribution in [2.45, 2.75) is 63.7 Å². The fourth-order valence-electron chi connectivity index (χ4n) is 4.47. The maximum absolute atomic E-state index is 4.03. The second-order valence-electron chi connectivity index (χ2n) is 8.29. The van der Waals surface area contributed by atoms with E-state index in [4.69, 9.17) is 0 Å². The normalized spacial score (nSPS) is 25.8. The predicted octanol–water partition coefficient (Wildman–Crippen LogP) is 3.67. The Hall–Kier alpha value is -1.16. The van der Waals surface area contributed by atoms with Crippen LogP contribution in [0.15, 0.2) is 43.0 Å². The molecule has 0 amide bonds. The largest absolute Gasteiger partial charge is 0.309 e. The Balaban J connectivity index is 1.57. The molecule has 0 aliphatic carbocycles. The molecule has 2 aliphatic rings. The first-order valence-corrected chi connectivity index (χ1v) is 9.98. The molecule has 0 spiro atoms. The molecule has 1 atom stereocenters. The maximum Gasteiger partial charge on any atom is 0.0309 e. The summed E-state index contributed by atoms with van der Waals surface area (Å²) in [6.45, 7) is 14.4. The number of nitrogens with zero attached hydrogens (tertiary/aromatic N) is 2. The minimum atomic E-state index is 0.201. The van der Waals surface area contributed by atoms with E-state index in [-0.39, 0.29) is 5.54 Å². The Kier molecular flexibility index (Phi) is 6.32. The molecule has 3 rings (SSSR count). The summed E-state index contributed by atoms with van der Waals surface area (Å²) in [7, 11) is 0. The molecule has 2 saturated heterocycles. The molecular weight excluding hydrogens is 306 g/mol. The quantitative estimate of drug-likeness (QED) is 0.797. The number of piperidine rings is 2. The number of benzene rings is 1. The highest BCUT2D eigenvalue weighted by molar-refractivity contribution is 5.15. The lowest BCUT2D eigenvalue weighted by molar-refractivity contribution is 0.0271. The summed E-state index contributed by atoms with van der Waals surface area (Å²) < 4.78 is 0. The molecule has 2 aliphatic heterocycles. The molecule has 2 fully saturated rings. The molecule has 0 unspecified atom stereocenters. The molecule has 0 aromatic heterocycles. The Bertz CT molecular complexity index is 531. The van der Waals surface area contributed by atoms with Crippen LogP contribution in [0.1, 0.15) is 45.1 Å². The van der Waals surface area contributed by atoms with E-state index in [9.17, 15) is 0 Å². The first-order chi connectivity index (χ1) is 12.1. The van der Waals surface area contributed by atoms with Crippen molar-refractivity contribution in [1.29, 1.82) is 0 Å². The van der Waals surface area contributed by atoms with Crippen LogP contribution >= 0.6 is 0 Å². The molecule has 3 nitrogen and oxygen atoms in total. The van der Waals surface area contributed by atoms with Crippen LogP contribution in [-0.2, 0) is 6.54 Å². The summed E-state index contributed by atoms with van der Waals surface area (Å²) in [5.74, 6) is 0. The van der Waals surface area contributed by atoms with E-state index >= 15 is 0 Å². The van der Waals surface area contributed by atoms with Gasteiger partial charge in [0.2, 0.25) is 0 Å². The van der Waals surface area contributed by atoms with Crippen LogP contribution in [-0.4, -0.2) is 53.6 Å². The first-order valence-electron chi connectivity index (χ1n) is 9.98. The van der Waals surface area contributed by atoms with Crippen molar-refractivity contribution in [1.82, 2.24) is 15.1 Å². The fourth-order valence-corrected chi connectivity index (χ4v) is 4.47. The van der Waals surface area contributed by atoms with Gasteiger partial charge in [-0.1, -0.05) is 36.4 Å². The van der Waals surface area contributed by atoms with Gasteiger partial charge < -0.3 is 5.32 Å². The second kappa shape index (κ2) is 8.48. The lowest BCUT2D eigenvalue weighted by atomic mass is 9.83. The Morgan fingerprint density at radius 3 is 2.52 bits per heavy atom. The van der Waals surface area contributed by atoms with Gasteiger partial charge in [0.15, 0.2) is 0 Å². The van der Waals surface area contributed by atoms with Gasteiger partial charge in [-0.25, -0.2) is 0 Å². The number of rotatable bonds is 6. The monoisotopic (exact) mass is 341 g/mol. The first kappa shape index (κ1) is 18.6. The third-order valence-electron chi connectivity index (χ3n) is 6.22. The molecule has 2 heterocycles. The molecule has 3 heteroatoms. The van der Waals surface area contributed by atoms with E-state index in [1.165, 1.54) is 50.9 Å². The number of likely N-dealkylation sites (tertiary alicyclic amines) is 2. The van der Waals surface area contributed by atoms with Crippen molar-refractivity contribution in [2.24, 2.45) is 0 Å². The molecule has 0 saturated carbocycles. The van der Waals surface area contributed by atoms with E-state index < -0.39 is 0 Å². The summed E-state index contributed by atoms with van der Waals surface area (Å²) in [5.41, 5.74) is 1.63. The molecule has 1 N–H and O–H groups in total. The van der Waals surface area contributed by atoms with Crippen molar-refractivity contribution < 1.29 is 0 Å². The zero-order valence-corrected chi connectivity index (χ0v) is 16.1. The number of nitrogens with one attached hydrogen (secondary N) is 1. The van der Waals surface area contributed by atoms with E-state index in [1.807, 2.05) is 6.08 Å². The minimum Gasteiger partial charge on any atom is -0.309 e. The van der Waals surface area contributed by atoms with E-state index in [1.54, 1.807) is 0 Å². The average Bonchev–Trinajstić information content (AvgIpc) is 2.61. The van der Waals surface area contributed by atoms with E-state index in [0.29, 0.717) is 12.1 Å². The van der Waals surface area contributed by atoms with Crippen LogP contribution < -0.4 is 5.32 Å². The van der Waals surface area contributed by atoms with E-state index in [2.05, 4.69) is 65.9 Å². The Morgan fingerprint density at radius 1 is 1.12 bits per heavy atom. The predicted molar refractivity (Wildman–Crippen MR) is 107 cm³/mol. The maximum atomic E-state index is 4.03. The van der Waals surface area contributed by atoms with Crippen LogP contribution in [0.3, 0.4) is 0 Å². The smallest absolute Gasteiger partial charge is 0.0309 e. The minimum absolute atomic E-state index is 0.201. The van der Waals surface area contributed by atoms with Crippen LogP contribution in [0.4, 0.5) is 0 Å². The molecule has 1 aromatic rings. The topological polar surface area (TPSA) is 18.5 Å². The zero-order valence-electron chi connectivity index (χ0n) is 16.1. The summed E-state index contributed by atoms with van der Waals surface area (Å²) in [5, 5.41) is 4.03. The second-order valence-corrected chi connectivity index (χ2v) is 8.29. The van der Waals surface area contributed by atoms with Crippen LogP contribution in [0.25, 0.3) is 0 Å². The van der Waals surface area contributed by atoms with Crippen molar-refractivity contribution in [3.05, 3.63) is 48.6 Å². The fraction of sp³-hybridized carbons (Fsp3) is 0.636. The van der Waals surface area contributed by atoms with Gasteiger partial charge >= 0.3 is 0 Å². The lowest BCUT2D eigenvalue weighted by Crippen LogP contribution is -2.63. The Morgan fingerprint density at radius 2 is 1.84 bits per heavy atom. The molecular formula is C22H35N3. The third-order valence-corrected chi connectivity index (χ3v) is 6.22.